The predicted molar refractivity (Wildman–Crippen MR) is 182 cm³/mol. The summed E-state index contributed by atoms with van der Waals surface area (Å²) in [6.07, 6.45) is -2.64. The number of aliphatic hydroxyl groups excluding tert-OH is 2. The number of aromatic nitrogens is 4. The molecule has 0 aliphatic heterocycles. The molecule has 0 aliphatic rings. The second-order valence-electron chi connectivity index (χ2n) is 11.8. The first kappa shape index (κ1) is 33.7. The average Bonchev–Trinajstić information content (AvgIpc) is 3.70. The summed E-state index contributed by atoms with van der Waals surface area (Å²) in [4.78, 5) is 19.0. The van der Waals surface area contributed by atoms with Crippen LogP contribution in [0.5, 0.6) is 0 Å². The van der Waals surface area contributed by atoms with Crippen molar-refractivity contribution in [3.05, 3.63) is 113 Å². The third kappa shape index (κ3) is 7.75. The highest BCUT2D eigenvalue weighted by Gasteiger charge is 2.30. The third-order valence-electron chi connectivity index (χ3n) is 8.49. The van der Waals surface area contributed by atoms with Gasteiger partial charge in [-0.2, -0.15) is 18.3 Å². The van der Waals surface area contributed by atoms with Crippen LogP contribution in [-0.2, 0) is 24.1 Å². The lowest BCUT2D eigenvalue weighted by Gasteiger charge is -2.23. The van der Waals surface area contributed by atoms with E-state index in [0.717, 1.165) is 50.9 Å². The van der Waals surface area contributed by atoms with Crippen molar-refractivity contribution >= 4 is 33.5 Å². The van der Waals surface area contributed by atoms with Crippen LogP contribution < -0.4 is 16.0 Å². The molecule has 0 radical (unpaired) electrons. The van der Waals surface area contributed by atoms with Crippen LogP contribution in [0.1, 0.15) is 34.7 Å². The van der Waals surface area contributed by atoms with Gasteiger partial charge in [0, 0.05) is 55.3 Å². The largest absolute Gasteiger partial charge is 0.416 e. The number of halogens is 3. The number of fused-ring (bicyclic) bond motifs is 2. The van der Waals surface area contributed by atoms with Gasteiger partial charge in [0.1, 0.15) is 5.82 Å². The zero-order chi connectivity index (χ0) is 34.5. The van der Waals surface area contributed by atoms with Gasteiger partial charge >= 0.3 is 6.18 Å². The van der Waals surface area contributed by atoms with Crippen LogP contribution in [0.15, 0.2) is 91.1 Å². The SMILES string of the molecule is NC(=O)CC(NCc1ccc2[nH]ncc2c1)c1ccc2c(c1)nc(-c1ccc(N(CCO)CCO)cc1)n2Cc1ccc(C(F)(F)F)cc1. The number of hydrogen-bond donors (Lipinski definition) is 5. The zero-order valence-corrected chi connectivity index (χ0v) is 26.5. The fourth-order valence-corrected chi connectivity index (χ4v) is 6.01. The molecule has 6 aromatic rings. The lowest BCUT2D eigenvalue weighted by atomic mass is 10.0. The van der Waals surface area contributed by atoms with Crippen molar-refractivity contribution in [2.75, 3.05) is 31.2 Å². The van der Waals surface area contributed by atoms with Crippen LogP contribution in [0.4, 0.5) is 18.9 Å². The number of benzene rings is 4. The minimum atomic E-state index is -4.44. The number of aliphatic hydroxyl groups is 2. The summed E-state index contributed by atoms with van der Waals surface area (Å²) in [7, 11) is 0. The number of aromatic amines is 1. The topological polar surface area (TPSA) is 145 Å². The van der Waals surface area contributed by atoms with Crippen molar-refractivity contribution in [2.24, 2.45) is 5.73 Å². The van der Waals surface area contributed by atoms with E-state index in [9.17, 15) is 28.2 Å². The van der Waals surface area contributed by atoms with E-state index < -0.39 is 23.7 Å². The molecule has 6 N–H and O–H groups in total. The molecule has 2 aromatic heterocycles. The summed E-state index contributed by atoms with van der Waals surface area (Å²) in [6.45, 7) is 1.30. The Morgan fingerprint density at radius 3 is 2.33 bits per heavy atom. The number of carbonyl (C=O) groups excluding carboxylic acids is 1. The number of imidazole rings is 1. The number of nitrogens with zero attached hydrogens (tertiary/aromatic N) is 4. The number of nitrogens with two attached hydrogens (primary N) is 1. The number of anilines is 1. The van der Waals surface area contributed by atoms with E-state index >= 15 is 0 Å². The summed E-state index contributed by atoms with van der Waals surface area (Å²) in [5, 5.41) is 30.4. The highest BCUT2D eigenvalue weighted by Crippen LogP contribution is 2.32. The number of hydrogen-bond acceptors (Lipinski definition) is 7. The Kier molecular flexibility index (Phi) is 9.95. The standard InChI is InChI=1S/C36H36F3N7O3/c37-36(38,39)28-7-1-23(2-8-28)22-46-33-12-6-26(31(19-34(40)49)41-20-24-3-11-30-27(17-24)21-42-44-30)18-32(33)43-35(46)25-4-9-29(10-5-25)45(13-15-47)14-16-48/h1-12,17-18,21,31,41,47-48H,13-16,19-20,22H2,(H2,40,49)(H,42,44). The van der Waals surface area contributed by atoms with E-state index in [4.69, 9.17) is 10.7 Å². The first-order valence-corrected chi connectivity index (χ1v) is 15.8. The van der Waals surface area contributed by atoms with Crippen molar-refractivity contribution in [3.8, 4) is 11.4 Å². The van der Waals surface area contributed by atoms with E-state index in [1.54, 1.807) is 6.20 Å². The van der Waals surface area contributed by atoms with Gasteiger partial charge in [-0.05, 0) is 77.4 Å². The van der Waals surface area contributed by atoms with Gasteiger partial charge < -0.3 is 30.7 Å². The van der Waals surface area contributed by atoms with Crippen molar-refractivity contribution in [1.82, 2.24) is 25.1 Å². The fraction of sp³-hybridized carbons (Fsp3) is 0.250. The smallest absolute Gasteiger partial charge is 0.395 e. The van der Waals surface area contributed by atoms with Gasteiger partial charge in [-0.15, -0.1) is 0 Å². The number of carbonyl (C=O) groups is 1. The maximum absolute atomic E-state index is 13.3. The van der Waals surface area contributed by atoms with Gasteiger partial charge in [0.2, 0.25) is 5.91 Å². The lowest BCUT2D eigenvalue weighted by Crippen LogP contribution is -2.29. The minimum Gasteiger partial charge on any atom is -0.395 e. The van der Waals surface area contributed by atoms with Crippen molar-refractivity contribution in [2.45, 2.75) is 31.7 Å². The summed E-state index contributed by atoms with van der Waals surface area (Å²) in [5.74, 6) is 0.134. The summed E-state index contributed by atoms with van der Waals surface area (Å²) in [5.41, 5.74) is 11.3. The molecule has 13 heteroatoms. The molecule has 0 saturated carbocycles. The van der Waals surface area contributed by atoms with E-state index in [-0.39, 0.29) is 26.2 Å². The molecule has 0 spiro atoms. The molecule has 1 atom stereocenters. The highest BCUT2D eigenvalue weighted by atomic mass is 19.4. The summed E-state index contributed by atoms with van der Waals surface area (Å²) in [6, 6.07) is 23.8. The molecule has 4 aromatic carbocycles. The van der Waals surface area contributed by atoms with Gasteiger partial charge in [-0.3, -0.25) is 9.89 Å². The Labute approximate surface area is 280 Å². The van der Waals surface area contributed by atoms with Gasteiger partial charge in [-0.25, -0.2) is 4.98 Å². The maximum atomic E-state index is 13.3. The second-order valence-corrected chi connectivity index (χ2v) is 11.8. The fourth-order valence-electron chi connectivity index (χ4n) is 6.01. The zero-order valence-electron chi connectivity index (χ0n) is 26.5. The van der Waals surface area contributed by atoms with E-state index in [1.165, 1.54) is 12.1 Å². The summed E-state index contributed by atoms with van der Waals surface area (Å²) < 4.78 is 41.8. The van der Waals surface area contributed by atoms with Crippen LogP contribution in [0.2, 0.25) is 0 Å². The number of rotatable bonds is 14. The van der Waals surface area contributed by atoms with E-state index in [2.05, 4.69) is 15.5 Å². The molecule has 0 bridgehead atoms. The average molecular weight is 672 g/mol. The molecular formula is C36H36F3N7O3. The Morgan fingerprint density at radius 1 is 0.939 bits per heavy atom. The van der Waals surface area contributed by atoms with E-state index in [0.29, 0.717) is 36.5 Å². The maximum Gasteiger partial charge on any atom is 0.416 e. The van der Waals surface area contributed by atoms with Crippen molar-refractivity contribution < 1.29 is 28.2 Å². The lowest BCUT2D eigenvalue weighted by molar-refractivity contribution is -0.137. The first-order valence-electron chi connectivity index (χ1n) is 15.8. The molecule has 10 nitrogen and oxygen atoms in total. The molecule has 0 saturated heterocycles. The number of nitrogens with one attached hydrogen (secondary N) is 2. The van der Waals surface area contributed by atoms with E-state index in [1.807, 2.05) is 70.1 Å². The monoisotopic (exact) mass is 671 g/mol. The Morgan fingerprint density at radius 2 is 1.65 bits per heavy atom. The number of amides is 1. The van der Waals surface area contributed by atoms with Crippen LogP contribution in [0, 0.1) is 0 Å². The van der Waals surface area contributed by atoms with Crippen LogP contribution in [0.25, 0.3) is 33.3 Å². The Balaban J connectivity index is 1.36. The quantitative estimate of drug-likeness (QED) is 0.108. The van der Waals surface area contributed by atoms with Gasteiger partial charge in [-0.1, -0.05) is 24.3 Å². The number of primary amides is 1. The molecule has 0 aliphatic carbocycles. The molecule has 1 unspecified atom stereocenters. The molecule has 2 heterocycles. The van der Waals surface area contributed by atoms with Gasteiger partial charge in [0.15, 0.2) is 0 Å². The third-order valence-corrected chi connectivity index (χ3v) is 8.49. The van der Waals surface area contributed by atoms with Crippen LogP contribution in [0.3, 0.4) is 0 Å². The van der Waals surface area contributed by atoms with Gasteiger partial charge in [0.25, 0.3) is 0 Å². The molecular weight excluding hydrogens is 635 g/mol. The van der Waals surface area contributed by atoms with Gasteiger partial charge in [0.05, 0.1) is 41.5 Å². The molecule has 6 rings (SSSR count). The van der Waals surface area contributed by atoms with Crippen molar-refractivity contribution in [3.63, 3.8) is 0 Å². The molecule has 254 valence electrons. The molecule has 1 amide bonds. The Bertz CT molecular complexity index is 2030. The predicted octanol–water partition coefficient (Wildman–Crippen LogP) is 5.14. The molecule has 0 fully saturated rings. The minimum absolute atomic E-state index is 0.0538. The van der Waals surface area contributed by atoms with Crippen LogP contribution >= 0.6 is 0 Å². The van der Waals surface area contributed by atoms with Crippen molar-refractivity contribution in [1.29, 1.82) is 0 Å². The normalized spacial score (nSPS) is 12.5. The number of H-pyrrole nitrogens is 1. The Hall–Kier alpha value is -5.24. The molecule has 49 heavy (non-hydrogen) atoms. The first-order chi connectivity index (χ1) is 23.6. The van der Waals surface area contributed by atoms with Crippen LogP contribution in [-0.4, -0.2) is 62.2 Å². The highest BCUT2D eigenvalue weighted by molar-refractivity contribution is 5.83. The summed E-state index contributed by atoms with van der Waals surface area (Å²) >= 11 is 0. The number of alkyl halides is 3. The second kappa shape index (κ2) is 14.5.